The average Bonchev–Trinajstić information content (AvgIpc) is 3.11. The Morgan fingerprint density at radius 3 is 2.57 bits per heavy atom. The molecule has 1 saturated heterocycles. The Morgan fingerprint density at radius 1 is 1.22 bits per heavy atom. The lowest BCUT2D eigenvalue weighted by Gasteiger charge is -2.32. The summed E-state index contributed by atoms with van der Waals surface area (Å²) in [6.45, 7) is 1.68. The summed E-state index contributed by atoms with van der Waals surface area (Å²) >= 11 is 0. The highest BCUT2D eigenvalue weighted by molar-refractivity contribution is 5.93. The number of piperidine rings is 1. The predicted molar refractivity (Wildman–Crippen MR) is 88.5 cm³/mol. The number of likely N-dealkylation sites (tertiary alicyclic amines) is 1. The fourth-order valence-electron chi connectivity index (χ4n) is 2.93. The zero-order valence-electron chi connectivity index (χ0n) is 13.1. The summed E-state index contributed by atoms with van der Waals surface area (Å²) in [5.74, 6) is 0.0468. The Kier molecular flexibility index (Phi) is 4.98. The molecule has 2 heterocycles. The Labute approximate surface area is 135 Å². The zero-order chi connectivity index (χ0) is 16.1. The van der Waals surface area contributed by atoms with Crippen molar-refractivity contribution in [3.8, 4) is 0 Å². The van der Waals surface area contributed by atoms with E-state index >= 15 is 0 Å². The van der Waals surface area contributed by atoms with Crippen molar-refractivity contribution in [2.24, 2.45) is 0 Å². The van der Waals surface area contributed by atoms with Gasteiger partial charge in [-0.3, -0.25) is 4.79 Å². The molecule has 0 radical (unpaired) electrons. The van der Waals surface area contributed by atoms with Gasteiger partial charge in [0.05, 0.1) is 11.8 Å². The molecular weight excluding hydrogens is 292 g/mol. The number of anilines is 1. The first-order valence-electron chi connectivity index (χ1n) is 8.04. The van der Waals surface area contributed by atoms with Gasteiger partial charge in [0.1, 0.15) is 6.26 Å². The third-order valence-electron chi connectivity index (χ3n) is 4.28. The van der Waals surface area contributed by atoms with Crippen molar-refractivity contribution in [2.45, 2.75) is 25.3 Å². The van der Waals surface area contributed by atoms with Gasteiger partial charge in [0, 0.05) is 31.4 Å². The molecule has 1 fully saturated rings. The molecule has 0 atom stereocenters. The quantitative estimate of drug-likeness (QED) is 0.890. The molecule has 0 aliphatic carbocycles. The smallest absolute Gasteiger partial charge is 0.257 e. The van der Waals surface area contributed by atoms with E-state index in [1.807, 2.05) is 29.2 Å². The van der Waals surface area contributed by atoms with Gasteiger partial charge < -0.3 is 19.7 Å². The van der Waals surface area contributed by atoms with Crippen molar-refractivity contribution in [1.82, 2.24) is 4.90 Å². The predicted octanol–water partition coefficient (Wildman–Crippen LogP) is 2.53. The van der Waals surface area contributed by atoms with E-state index in [0.29, 0.717) is 18.0 Å². The van der Waals surface area contributed by atoms with E-state index in [-0.39, 0.29) is 12.5 Å². The van der Waals surface area contributed by atoms with Crippen molar-refractivity contribution < 1.29 is 14.3 Å². The summed E-state index contributed by atoms with van der Waals surface area (Å²) in [4.78, 5) is 14.1. The number of rotatable bonds is 5. The largest absolute Gasteiger partial charge is 0.472 e. The third kappa shape index (κ3) is 3.93. The van der Waals surface area contributed by atoms with E-state index in [1.54, 1.807) is 6.07 Å². The Morgan fingerprint density at radius 2 is 1.96 bits per heavy atom. The van der Waals surface area contributed by atoms with Gasteiger partial charge in [-0.25, -0.2) is 0 Å². The van der Waals surface area contributed by atoms with Crippen LogP contribution in [0.5, 0.6) is 0 Å². The number of carbonyl (C=O) groups excluding carboxylic acids is 1. The van der Waals surface area contributed by atoms with Crippen molar-refractivity contribution in [3.63, 3.8) is 0 Å². The lowest BCUT2D eigenvalue weighted by atomic mass is 10.0. The molecule has 0 spiro atoms. The van der Waals surface area contributed by atoms with Crippen molar-refractivity contribution in [1.29, 1.82) is 0 Å². The minimum atomic E-state index is 0.0468. The molecule has 1 aromatic heterocycles. The number of hydrogen-bond acceptors (Lipinski definition) is 4. The summed E-state index contributed by atoms with van der Waals surface area (Å²) in [5.41, 5.74) is 2.85. The van der Waals surface area contributed by atoms with Gasteiger partial charge in [0.25, 0.3) is 5.91 Å². The highest BCUT2D eigenvalue weighted by atomic mass is 16.3. The monoisotopic (exact) mass is 314 g/mol. The van der Waals surface area contributed by atoms with Gasteiger partial charge in [0.15, 0.2) is 0 Å². The summed E-state index contributed by atoms with van der Waals surface area (Å²) in [6, 6.07) is 10.3. The minimum Gasteiger partial charge on any atom is -0.472 e. The molecule has 0 bridgehead atoms. The van der Waals surface area contributed by atoms with Crippen LogP contribution in [-0.2, 0) is 6.42 Å². The molecule has 1 amide bonds. The second-order valence-corrected chi connectivity index (χ2v) is 5.89. The lowest BCUT2D eigenvalue weighted by molar-refractivity contribution is 0.0718. The Bertz CT molecular complexity index is 614. The fraction of sp³-hybridized carbons (Fsp3) is 0.389. The van der Waals surface area contributed by atoms with Crippen LogP contribution in [-0.4, -0.2) is 41.7 Å². The number of aliphatic hydroxyl groups is 1. The number of nitrogens with zero attached hydrogens (tertiary/aromatic N) is 1. The van der Waals surface area contributed by atoms with E-state index in [9.17, 15) is 4.79 Å². The van der Waals surface area contributed by atoms with E-state index in [4.69, 9.17) is 9.52 Å². The Balaban J connectivity index is 1.50. The topological polar surface area (TPSA) is 65.7 Å². The summed E-state index contributed by atoms with van der Waals surface area (Å²) in [6.07, 6.45) is 5.58. The number of nitrogens with one attached hydrogen (secondary N) is 1. The van der Waals surface area contributed by atoms with Crippen LogP contribution in [0.3, 0.4) is 0 Å². The molecule has 5 heteroatoms. The summed E-state index contributed by atoms with van der Waals surface area (Å²) in [5, 5.41) is 12.5. The molecule has 1 aliphatic heterocycles. The number of aliphatic hydroxyl groups excluding tert-OH is 1. The second kappa shape index (κ2) is 7.33. The van der Waals surface area contributed by atoms with Crippen LogP contribution in [0.25, 0.3) is 0 Å². The van der Waals surface area contributed by atoms with Gasteiger partial charge in [0.2, 0.25) is 0 Å². The molecule has 23 heavy (non-hydrogen) atoms. The number of hydrogen-bond donors (Lipinski definition) is 2. The van der Waals surface area contributed by atoms with E-state index in [1.165, 1.54) is 12.5 Å². The summed E-state index contributed by atoms with van der Waals surface area (Å²) in [7, 11) is 0. The number of carbonyl (C=O) groups is 1. The molecule has 3 rings (SSSR count). The standard InChI is InChI=1S/C18H22N2O3/c21-11-7-14-1-3-16(4-2-14)19-17-5-9-20(10-6-17)18(22)15-8-12-23-13-15/h1-4,8,12-13,17,19,21H,5-7,9-11H2. The second-order valence-electron chi connectivity index (χ2n) is 5.89. The van der Waals surface area contributed by atoms with Gasteiger partial charge in [-0.1, -0.05) is 12.1 Å². The maximum Gasteiger partial charge on any atom is 0.257 e. The highest BCUT2D eigenvalue weighted by Crippen LogP contribution is 2.19. The van der Waals surface area contributed by atoms with E-state index in [2.05, 4.69) is 5.32 Å². The van der Waals surface area contributed by atoms with E-state index < -0.39 is 0 Å². The highest BCUT2D eigenvalue weighted by Gasteiger charge is 2.24. The molecular formula is C18H22N2O3. The average molecular weight is 314 g/mol. The number of benzene rings is 1. The third-order valence-corrected chi connectivity index (χ3v) is 4.28. The van der Waals surface area contributed by atoms with Crippen LogP contribution in [0.4, 0.5) is 5.69 Å². The van der Waals surface area contributed by atoms with Crippen LogP contribution < -0.4 is 5.32 Å². The van der Waals surface area contributed by atoms with Gasteiger partial charge >= 0.3 is 0 Å². The maximum absolute atomic E-state index is 12.2. The number of furan rings is 1. The van der Waals surface area contributed by atoms with Crippen LogP contribution in [0, 0.1) is 0 Å². The maximum atomic E-state index is 12.2. The van der Waals surface area contributed by atoms with Gasteiger partial charge in [-0.15, -0.1) is 0 Å². The Hall–Kier alpha value is -2.27. The molecule has 2 N–H and O–H groups in total. The van der Waals surface area contributed by atoms with Crippen molar-refractivity contribution in [2.75, 3.05) is 25.0 Å². The van der Waals surface area contributed by atoms with Crippen molar-refractivity contribution in [3.05, 3.63) is 54.0 Å². The summed E-state index contributed by atoms with van der Waals surface area (Å²) < 4.78 is 4.98. The SMILES string of the molecule is O=C(c1ccoc1)N1CCC(Nc2ccc(CCO)cc2)CC1. The first kappa shape index (κ1) is 15.6. The van der Waals surface area contributed by atoms with E-state index in [0.717, 1.165) is 37.2 Å². The normalized spacial score (nSPS) is 15.6. The van der Waals surface area contributed by atoms with Crippen LogP contribution in [0.1, 0.15) is 28.8 Å². The zero-order valence-corrected chi connectivity index (χ0v) is 13.1. The van der Waals surface area contributed by atoms with Crippen LogP contribution in [0.15, 0.2) is 47.3 Å². The van der Waals surface area contributed by atoms with Crippen molar-refractivity contribution >= 4 is 11.6 Å². The first-order chi connectivity index (χ1) is 11.3. The van der Waals surface area contributed by atoms with Gasteiger partial charge in [-0.2, -0.15) is 0 Å². The molecule has 5 nitrogen and oxygen atoms in total. The molecule has 122 valence electrons. The van der Waals surface area contributed by atoms with Gasteiger partial charge in [-0.05, 0) is 43.0 Å². The fourth-order valence-corrected chi connectivity index (χ4v) is 2.93. The molecule has 1 aliphatic rings. The first-order valence-corrected chi connectivity index (χ1v) is 8.04. The lowest BCUT2D eigenvalue weighted by Crippen LogP contribution is -2.42. The molecule has 0 unspecified atom stereocenters. The molecule has 1 aromatic carbocycles. The molecule has 2 aromatic rings. The number of amides is 1. The van der Waals surface area contributed by atoms with Crippen LogP contribution >= 0.6 is 0 Å². The van der Waals surface area contributed by atoms with Crippen LogP contribution in [0.2, 0.25) is 0 Å². The molecule has 0 saturated carbocycles. The minimum absolute atomic E-state index is 0.0468.